The second-order valence-electron chi connectivity index (χ2n) is 15.0. The number of fused-ring (bicyclic) bond motifs is 2. The maximum absolute atomic E-state index is 13.2. The highest BCUT2D eigenvalue weighted by atomic mass is 35.5. The van der Waals surface area contributed by atoms with E-state index >= 15 is 0 Å². The Hall–Kier alpha value is -4.71. The third kappa shape index (κ3) is 7.76. The Kier molecular flexibility index (Phi) is 10.6. The second kappa shape index (κ2) is 15.2. The number of rotatable bonds is 4. The summed E-state index contributed by atoms with van der Waals surface area (Å²) < 4.78 is 42.1. The number of aromatic nitrogens is 6. The lowest BCUT2D eigenvalue weighted by Gasteiger charge is -2.32. The summed E-state index contributed by atoms with van der Waals surface area (Å²) in [6.07, 6.45) is 14.3. The van der Waals surface area contributed by atoms with Crippen molar-refractivity contribution in [2.75, 3.05) is 0 Å². The highest BCUT2D eigenvalue weighted by Crippen LogP contribution is 2.38. The highest BCUT2D eigenvalue weighted by molar-refractivity contribution is 6.63. The molecule has 6 aromatic rings. The largest absolute Gasteiger partial charge is 0.498 e. The van der Waals surface area contributed by atoms with E-state index in [1.165, 1.54) is 58.8 Å². The standard InChI is InChI=1S/C18H16FN3.C16H20BFN2O2.C8H8ClN/c1-22-11-16(14-9-10-20-17-4-2-3-15(14)17)18(21-22)12-5-7-13(19)8-6-12;1-15(2)16(3,4)22-17(21-15)13-10-20(5)19-14(13)11-6-8-12(18)9-7-11;9-7-4-5-10-8-3-1-2-6(7)8/h5-11H,2-4H2,1H3;6-10H,1-5H3;4-5H,1-3H2. The number of hydrogen-bond donors (Lipinski definition) is 0. The predicted molar refractivity (Wildman–Crippen MR) is 209 cm³/mol. The van der Waals surface area contributed by atoms with Gasteiger partial charge in [0.2, 0.25) is 0 Å². The third-order valence-corrected chi connectivity index (χ3v) is 11.0. The highest BCUT2D eigenvalue weighted by Gasteiger charge is 2.52. The average Bonchev–Trinajstić information content (AvgIpc) is 3.97. The average molecular weight is 749 g/mol. The molecule has 0 bridgehead atoms. The minimum Gasteiger partial charge on any atom is -0.399 e. The number of pyridine rings is 2. The van der Waals surface area contributed by atoms with Crippen molar-refractivity contribution in [3.8, 4) is 33.6 Å². The first-order chi connectivity index (χ1) is 25.8. The van der Waals surface area contributed by atoms with E-state index < -0.39 is 18.3 Å². The van der Waals surface area contributed by atoms with Gasteiger partial charge in [-0.25, -0.2) is 8.78 Å². The molecule has 4 aromatic heterocycles. The number of hydrogen-bond acceptors (Lipinski definition) is 6. The summed E-state index contributed by atoms with van der Waals surface area (Å²) in [7, 11) is 3.28. The first-order valence-corrected chi connectivity index (χ1v) is 18.7. The molecule has 1 fully saturated rings. The molecule has 1 aliphatic heterocycles. The second-order valence-corrected chi connectivity index (χ2v) is 15.4. The maximum atomic E-state index is 13.2. The summed E-state index contributed by atoms with van der Waals surface area (Å²) in [5.41, 5.74) is 10.7. The van der Waals surface area contributed by atoms with Crippen LogP contribution in [0.1, 0.15) is 63.1 Å². The zero-order valence-corrected chi connectivity index (χ0v) is 32.3. The third-order valence-electron chi connectivity index (χ3n) is 10.6. The summed E-state index contributed by atoms with van der Waals surface area (Å²) >= 11 is 5.93. The van der Waals surface area contributed by atoms with Gasteiger partial charge in [-0.15, -0.1) is 0 Å². The van der Waals surface area contributed by atoms with Gasteiger partial charge in [-0.1, -0.05) is 11.6 Å². The van der Waals surface area contributed by atoms with Gasteiger partial charge in [0.25, 0.3) is 0 Å². The van der Waals surface area contributed by atoms with Crippen LogP contribution in [0.25, 0.3) is 33.6 Å². The van der Waals surface area contributed by atoms with E-state index in [0.717, 1.165) is 70.7 Å². The van der Waals surface area contributed by atoms with Gasteiger partial charge in [-0.05, 0) is 144 Å². The fraction of sp³-hybridized carbons (Fsp3) is 0.333. The van der Waals surface area contributed by atoms with Crippen LogP contribution in [-0.4, -0.2) is 47.8 Å². The molecule has 278 valence electrons. The minimum absolute atomic E-state index is 0.231. The molecule has 9 rings (SSSR count). The molecule has 54 heavy (non-hydrogen) atoms. The van der Waals surface area contributed by atoms with Crippen LogP contribution in [0.15, 0.2) is 85.5 Å². The zero-order valence-electron chi connectivity index (χ0n) is 31.5. The number of nitrogens with zero attached hydrogens (tertiary/aromatic N) is 6. The van der Waals surface area contributed by atoms with Gasteiger partial charge >= 0.3 is 7.12 Å². The first kappa shape index (κ1) is 37.6. The number of halogens is 3. The van der Waals surface area contributed by atoms with Gasteiger partial charge in [0.15, 0.2) is 0 Å². The first-order valence-electron chi connectivity index (χ1n) is 18.3. The Morgan fingerprint density at radius 1 is 0.630 bits per heavy atom. The molecular weight excluding hydrogens is 705 g/mol. The van der Waals surface area contributed by atoms with Crippen molar-refractivity contribution in [3.05, 3.63) is 125 Å². The quantitative estimate of drug-likeness (QED) is 0.168. The summed E-state index contributed by atoms with van der Waals surface area (Å²) in [6, 6.07) is 16.7. The van der Waals surface area contributed by atoms with Gasteiger partial charge in [-0.3, -0.25) is 19.3 Å². The molecule has 0 spiro atoms. The Bertz CT molecular complexity index is 2250. The van der Waals surface area contributed by atoms with E-state index in [1.54, 1.807) is 35.1 Å². The fourth-order valence-corrected chi connectivity index (χ4v) is 7.38. The van der Waals surface area contributed by atoms with E-state index in [0.29, 0.717) is 0 Å². The molecule has 0 atom stereocenters. The molecule has 0 amide bonds. The Morgan fingerprint density at radius 2 is 1.13 bits per heavy atom. The minimum atomic E-state index is -0.487. The molecule has 0 saturated carbocycles. The molecular formula is C42H44BClF2N6O2. The monoisotopic (exact) mass is 748 g/mol. The smallest absolute Gasteiger partial charge is 0.399 e. The van der Waals surface area contributed by atoms with Crippen molar-refractivity contribution >= 4 is 24.2 Å². The van der Waals surface area contributed by atoms with Crippen LogP contribution in [0.5, 0.6) is 0 Å². The Labute approximate surface area is 320 Å². The molecule has 1 saturated heterocycles. The van der Waals surface area contributed by atoms with Crippen LogP contribution in [0.2, 0.25) is 5.02 Å². The number of benzene rings is 2. The summed E-state index contributed by atoms with van der Waals surface area (Å²) in [6.45, 7) is 8.06. The van der Waals surface area contributed by atoms with Crippen molar-refractivity contribution in [2.45, 2.75) is 77.4 Å². The fourth-order valence-electron chi connectivity index (χ4n) is 7.12. The molecule has 2 aliphatic carbocycles. The normalized spacial score (nSPS) is 16.3. The van der Waals surface area contributed by atoms with E-state index in [2.05, 4.69) is 26.2 Å². The zero-order chi connectivity index (χ0) is 38.2. The molecule has 2 aromatic carbocycles. The molecule has 5 heterocycles. The van der Waals surface area contributed by atoms with Crippen molar-refractivity contribution < 1.29 is 18.1 Å². The van der Waals surface area contributed by atoms with E-state index in [9.17, 15) is 8.78 Å². The van der Waals surface area contributed by atoms with Gasteiger partial charge in [-0.2, -0.15) is 10.2 Å². The summed E-state index contributed by atoms with van der Waals surface area (Å²) in [5.74, 6) is -0.497. The number of aryl methyl sites for hydroxylation is 4. The van der Waals surface area contributed by atoms with Crippen molar-refractivity contribution in [2.24, 2.45) is 14.1 Å². The van der Waals surface area contributed by atoms with Crippen LogP contribution >= 0.6 is 11.6 Å². The van der Waals surface area contributed by atoms with Crippen molar-refractivity contribution in [1.82, 2.24) is 29.5 Å². The van der Waals surface area contributed by atoms with Crippen LogP contribution in [0.3, 0.4) is 0 Å². The van der Waals surface area contributed by atoms with Crippen LogP contribution in [0, 0.1) is 11.6 Å². The molecule has 0 N–H and O–H groups in total. The SMILES string of the molecule is Clc1ccnc2c1CCC2.Cn1cc(-c2ccnc3c2CCC3)c(-c2ccc(F)cc2)n1.Cn1cc(B2OC(C)(C)C(C)(C)O2)c(-c2ccc(F)cc2)n1. The van der Waals surface area contributed by atoms with Crippen LogP contribution < -0.4 is 5.46 Å². The van der Waals surface area contributed by atoms with Crippen molar-refractivity contribution in [1.29, 1.82) is 0 Å². The molecule has 0 unspecified atom stereocenters. The Morgan fingerprint density at radius 3 is 1.72 bits per heavy atom. The van der Waals surface area contributed by atoms with E-state index in [-0.39, 0.29) is 11.6 Å². The molecule has 3 aliphatic rings. The van der Waals surface area contributed by atoms with Crippen LogP contribution in [-0.2, 0) is 49.1 Å². The van der Waals surface area contributed by atoms with Gasteiger partial charge in [0.05, 0.1) is 16.9 Å². The lowest BCUT2D eigenvalue weighted by atomic mass is 9.78. The van der Waals surface area contributed by atoms with Crippen molar-refractivity contribution in [3.63, 3.8) is 0 Å². The van der Waals surface area contributed by atoms with E-state index in [4.69, 9.17) is 20.9 Å². The molecule has 8 nitrogen and oxygen atoms in total. The van der Waals surface area contributed by atoms with Gasteiger partial charge in [0.1, 0.15) is 17.3 Å². The topological polar surface area (TPSA) is 79.9 Å². The van der Waals surface area contributed by atoms with Gasteiger partial charge in [0, 0.05) is 77.4 Å². The van der Waals surface area contributed by atoms with E-state index in [1.807, 2.05) is 71.1 Å². The lowest BCUT2D eigenvalue weighted by molar-refractivity contribution is 0.00578. The van der Waals surface area contributed by atoms with Crippen LogP contribution in [0.4, 0.5) is 8.78 Å². The molecule has 0 radical (unpaired) electrons. The maximum Gasteiger partial charge on any atom is 0.498 e. The lowest BCUT2D eigenvalue weighted by Crippen LogP contribution is -2.41. The van der Waals surface area contributed by atoms with Gasteiger partial charge < -0.3 is 9.31 Å². The Balaban J connectivity index is 0.000000134. The predicted octanol–water partition coefficient (Wildman–Crippen LogP) is 8.53. The molecule has 12 heteroatoms. The summed E-state index contributed by atoms with van der Waals surface area (Å²) in [4.78, 5) is 8.73. The summed E-state index contributed by atoms with van der Waals surface area (Å²) in [5, 5.41) is 9.96.